The van der Waals surface area contributed by atoms with E-state index in [1.165, 1.54) is 29.2 Å². The van der Waals surface area contributed by atoms with E-state index in [1.54, 1.807) is 43.3 Å². The fourth-order valence-corrected chi connectivity index (χ4v) is 5.66. The number of rotatable bonds is 11. The number of sulfonamides is 1. The highest BCUT2D eigenvalue weighted by molar-refractivity contribution is 7.92. The van der Waals surface area contributed by atoms with Crippen LogP contribution in [-0.2, 0) is 26.2 Å². The summed E-state index contributed by atoms with van der Waals surface area (Å²) >= 11 is 12.4. The zero-order chi connectivity index (χ0) is 28.7. The summed E-state index contributed by atoms with van der Waals surface area (Å²) in [5, 5.41) is 3.65. The van der Waals surface area contributed by atoms with Crippen molar-refractivity contribution in [2.24, 2.45) is 0 Å². The topological polar surface area (TPSA) is 86.8 Å². The monoisotopic (exact) mass is 589 g/mol. The van der Waals surface area contributed by atoms with Crippen molar-refractivity contribution in [2.45, 2.75) is 51.6 Å². The molecule has 0 aliphatic rings. The molecule has 0 saturated carbocycles. The molecule has 3 aromatic rings. The van der Waals surface area contributed by atoms with Crippen molar-refractivity contribution in [1.29, 1.82) is 0 Å². The molecule has 10 heteroatoms. The molecule has 0 spiro atoms. The number of amides is 2. The van der Waals surface area contributed by atoms with Gasteiger partial charge in [0.25, 0.3) is 10.0 Å². The lowest BCUT2D eigenvalue weighted by molar-refractivity contribution is -0.139. The Morgan fingerprint density at radius 2 is 1.62 bits per heavy atom. The van der Waals surface area contributed by atoms with Crippen molar-refractivity contribution in [3.8, 4) is 0 Å². The van der Waals surface area contributed by atoms with Gasteiger partial charge in [-0.2, -0.15) is 0 Å². The van der Waals surface area contributed by atoms with Gasteiger partial charge in [0.1, 0.15) is 12.6 Å². The van der Waals surface area contributed by atoms with E-state index in [0.29, 0.717) is 27.8 Å². The molecule has 0 fully saturated rings. The number of carbonyl (C=O) groups is 2. The van der Waals surface area contributed by atoms with E-state index in [1.807, 2.05) is 26.8 Å². The number of nitrogens with one attached hydrogen (secondary N) is 1. The summed E-state index contributed by atoms with van der Waals surface area (Å²) in [6, 6.07) is 17.1. The molecule has 0 aromatic heterocycles. The highest BCUT2D eigenvalue weighted by atomic mass is 35.5. The first-order valence-electron chi connectivity index (χ1n) is 12.6. The molecular formula is C29H33Cl2N3O4S. The second kappa shape index (κ2) is 13.3. The number of benzene rings is 3. The summed E-state index contributed by atoms with van der Waals surface area (Å²) in [5.41, 5.74) is 2.83. The maximum absolute atomic E-state index is 13.9. The molecule has 1 N–H and O–H groups in total. The van der Waals surface area contributed by atoms with E-state index in [9.17, 15) is 18.0 Å². The quantitative estimate of drug-likeness (QED) is 0.308. The molecule has 39 heavy (non-hydrogen) atoms. The Labute approximate surface area is 240 Å². The fourth-order valence-electron chi connectivity index (χ4n) is 3.93. The van der Waals surface area contributed by atoms with E-state index in [2.05, 4.69) is 5.32 Å². The zero-order valence-electron chi connectivity index (χ0n) is 22.4. The van der Waals surface area contributed by atoms with Crippen LogP contribution in [0.3, 0.4) is 0 Å². The van der Waals surface area contributed by atoms with Crippen molar-refractivity contribution in [3.63, 3.8) is 0 Å². The number of aryl methyl sites for hydroxylation is 2. The third-order valence-corrected chi connectivity index (χ3v) is 8.88. The number of hydrogen-bond acceptors (Lipinski definition) is 4. The van der Waals surface area contributed by atoms with Gasteiger partial charge in [-0.25, -0.2) is 8.42 Å². The second-order valence-electron chi connectivity index (χ2n) is 9.31. The predicted molar refractivity (Wildman–Crippen MR) is 157 cm³/mol. The average molecular weight is 591 g/mol. The van der Waals surface area contributed by atoms with E-state index in [4.69, 9.17) is 23.2 Å². The second-order valence-corrected chi connectivity index (χ2v) is 12.0. The summed E-state index contributed by atoms with van der Waals surface area (Å²) < 4.78 is 28.8. The third-order valence-electron chi connectivity index (χ3n) is 6.47. The molecule has 208 valence electrons. The lowest BCUT2D eigenvalue weighted by Gasteiger charge is -2.32. The molecule has 2 amide bonds. The molecule has 0 aliphatic carbocycles. The minimum Gasteiger partial charge on any atom is -0.354 e. The highest BCUT2D eigenvalue weighted by Gasteiger charge is 2.32. The van der Waals surface area contributed by atoms with Gasteiger partial charge in [-0.15, -0.1) is 0 Å². The van der Waals surface area contributed by atoms with Crippen LogP contribution >= 0.6 is 23.2 Å². The lowest BCUT2D eigenvalue weighted by atomic mass is 10.1. The Bertz CT molecular complexity index is 1430. The minimum atomic E-state index is -4.17. The van der Waals surface area contributed by atoms with E-state index in [-0.39, 0.29) is 17.3 Å². The minimum absolute atomic E-state index is 0.00989. The summed E-state index contributed by atoms with van der Waals surface area (Å²) in [7, 11) is -4.17. The molecule has 0 saturated heterocycles. The van der Waals surface area contributed by atoms with Crippen molar-refractivity contribution < 1.29 is 18.0 Å². The Balaban J connectivity index is 2.05. The maximum Gasteiger partial charge on any atom is 0.264 e. The predicted octanol–water partition coefficient (Wildman–Crippen LogP) is 5.75. The smallest absolute Gasteiger partial charge is 0.264 e. The van der Waals surface area contributed by atoms with Crippen molar-refractivity contribution >= 4 is 50.7 Å². The Hall–Kier alpha value is -3.07. The number of hydrogen-bond donors (Lipinski definition) is 1. The van der Waals surface area contributed by atoms with Gasteiger partial charge in [0.05, 0.1) is 10.6 Å². The van der Waals surface area contributed by atoms with Crippen LogP contribution in [-0.4, -0.2) is 44.3 Å². The van der Waals surface area contributed by atoms with Crippen LogP contribution < -0.4 is 9.62 Å². The van der Waals surface area contributed by atoms with Crippen LogP contribution in [0.15, 0.2) is 71.6 Å². The fraction of sp³-hybridized carbons (Fsp3) is 0.310. The van der Waals surface area contributed by atoms with Crippen LogP contribution in [0.5, 0.6) is 0 Å². The van der Waals surface area contributed by atoms with Gasteiger partial charge in [0.15, 0.2) is 0 Å². The number of anilines is 1. The maximum atomic E-state index is 13.9. The summed E-state index contributed by atoms with van der Waals surface area (Å²) in [6.07, 6.45) is 0.733. The van der Waals surface area contributed by atoms with Crippen LogP contribution in [0.2, 0.25) is 10.0 Å². The molecule has 0 unspecified atom stereocenters. The molecule has 0 radical (unpaired) electrons. The number of nitrogens with zero attached hydrogens (tertiary/aromatic N) is 2. The summed E-state index contributed by atoms with van der Waals surface area (Å²) in [4.78, 5) is 28.2. The Kier molecular flexibility index (Phi) is 10.4. The lowest BCUT2D eigenvalue weighted by Crippen LogP contribution is -2.51. The summed E-state index contributed by atoms with van der Waals surface area (Å²) in [6.45, 7) is 7.30. The molecule has 3 rings (SSSR count). The van der Waals surface area contributed by atoms with Crippen molar-refractivity contribution in [3.05, 3.63) is 93.5 Å². The largest absolute Gasteiger partial charge is 0.354 e. The van der Waals surface area contributed by atoms with E-state index < -0.39 is 28.5 Å². The van der Waals surface area contributed by atoms with Gasteiger partial charge in [-0.3, -0.25) is 13.9 Å². The molecule has 3 aromatic carbocycles. The first kappa shape index (κ1) is 30.5. The van der Waals surface area contributed by atoms with Crippen molar-refractivity contribution in [1.82, 2.24) is 10.2 Å². The van der Waals surface area contributed by atoms with Crippen LogP contribution in [0.4, 0.5) is 5.69 Å². The van der Waals surface area contributed by atoms with E-state index >= 15 is 0 Å². The summed E-state index contributed by atoms with van der Waals surface area (Å²) in [5.74, 6) is -0.889. The van der Waals surface area contributed by atoms with Gasteiger partial charge in [-0.1, -0.05) is 54.4 Å². The van der Waals surface area contributed by atoms with Gasteiger partial charge in [0.2, 0.25) is 11.8 Å². The first-order chi connectivity index (χ1) is 18.4. The van der Waals surface area contributed by atoms with Gasteiger partial charge >= 0.3 is 0 Å². The van der Waals surface area contributed by atoms with Crippen LogP contribution in [0, 0.1) is 13.8 Å². The Morgan fingerprint density at radius 1 is 0.949 bits per heavy atom. The molecule has 7 nitrogen and oxygen atoms in total. The van der Waals surface area contributed by atoms with Gasteiger partial charge in [-0.05, 0) is 86.3 Å². The van der Waals surface area contributed by atoms with Crippen LogP contribution in [0.1, 0.15) is 37.0 Å². The Morgan fingerprint density at radius 3 is 2.23 bits per heavy atom. The van der Waals surface area contributed by atoms with Crippen molar-refractivity contribution in [2.75, 3.05) is 17.4 Å². The SMILES string of the molecule is CCCNC(=O)[C@H](C)N(Cc1ccccc1Cl)C(=O)CN(c1ccc(C)c(C)c1)S(=O)(=O)c1ccc(Cl)cc1. The molecule has 1 atom stereocenters. The standard InChI is InChI=1S/C29H33Cl2N3O4S/c1-5-16-32-29(36)22(4)33(18-23-8-6-7-9-27(23)31)28(35)19-34(25-13-10-20(2)21(3)17-25)39(37,38)26-14-11-24(30)12-15-26/h6-15,17,22H,5,16,18-19H2,1-4H3,(H,32,36)/t22-/m0/s1. The normalized spacial score (nSPS) is 12.1. The molecule has 0 heterocycles. The molecule has 0 bridgehead atoms. The number of halogens is 2. The van der Waals surface area contributed by atoms with Crippen LogP contribution in [0.25, 0.3) is 0 Å². The average Bonchev–Trinajstić information content (AvgIpc) is 2.91. The third kappa shape index (κ3) is 7.53. The molecule has 0 aliphatic heterocycles. The van der Waals surface area contributed by atoms with Gasteiger partial charge < -0.3 is 10.2 Å². The zero-order valence-corrected chi connectivity index (χ0v) is 24.8. The first-order valence-corrected chi connectivity index (χ1v) is 14.8. The molecular weight excluding hydrogens is 557 g/mol. The van der Waals surface area contributed by atoms with E-state index in [0.717, 1.165) is 21.9 Å². The number of carbonyl (C=O) groups excluding carboxylic acids is 2. The highest BCUT2D eigenvalue weighted by Crippen LogP contribution is 2.27. The van der Waals surface area contributed by atoms with Gasteiger partial charge in [0, 0.05) is 23.1 Å².